The first-order chi connectivity index (χ1) is 17.2. The highest BCUT2D eigenvalue weighted by atomic mass is 35.5. The number of sulfonamides is 1. The standard InChI is InChI=1S/C26H21ClFN5O2S/c1-15-10-16(2)23(36(34,35)31-14-17-4-3-8-29-13-17)12-22(15)33-26-19-7-9-30-25(27)24(19)20-11-18(28)5-6-21(20)32-26/h3-13,31H,14H2,1-2H3,(H,32,33). The first-order valence-electron chi connectivity index (χ1n) is 11.0. The second-order valence-corrected chi connectivity index (χ2v) is 10.5. The quantitative estimate of drug-likeness (QED) is 0.216. The Hall–Kier alpha value is -3.66. The second kappa shape index (κ2) is 9.42. The van der Waals surface area contributed by atoms with E-state index in [1.165, 1.54) is 12.1 Å². The molecule has 36 heavy (non-hydrogen) atoms. The minimum atomic E-state index is -3.82. The van der Waals surface area contributed by atoms with Gasteiger partial charge >= 0.3 is 0 Å². The van der Waals surface area contributed by atoms with Gasteiger partial charge in [0.05, 0.1) is 10.4 Å². The van der Waals surface area contributed by atoms with Crippen LogP contribution in [0.4, 0.5) is 15.9 Å². The van der Waals surface area contributed by atoms with Crippen molar-refractivity contribution in [1.82, 2.24) is 19.7 Å². The summed E-state index contributed by atoms with van der Waals surface area (Å²) in [6, 6.07) is 12.9. The van der Waals surface area contributed by atoms with Crippen LogP contribution in [0.3, 0.4) is 0 Å². The third-order valence-corrected chi connectivity index (χ3v) is 7.70. The smallest absolute Gasteiger partial charge is 0.241 e. The molecule has 7 nitrogen and oxygen atoms in total. The predicted octanol–water partition coefficient (Wildman–Crippen LogP) is 5.81. The van der Waals surface area contributed by atoms with Gasteiger partial charge in [0.25, 0.3) is 0 Å². The maximum atomic E-state index is 14.0. The number of rotatable bonds is 6. The fraction of sp³-hybridized carbons (Fsp3) is 0.115. The summed E-state index contributed by atoms with van der Waals surface area (Å²) in [5.41, 5.74) is 3.27. The Bertz CT molecular complexity index is 1730. The van der Waals surface area contributed by atoms with Gasteiger partial charge in [-0.15, -0.1) is 0 Å². The zero-order valence-corrected chi connectivity index (χ0v) is 21.0. The van der Waals surface area contributed by atoms with Crippen molar-refractivity contribution >= 4 is 54.8 Å². The lowest BCUT2D eigenvalue weighted by atomic mass is 10.1. The monoisotopic (exact) mass is 521 g/mol. The van der Waals surface area contributed by atoms with Crippen molar-refractivity contribution in [2.45, 2.75) is 25.3 Å². The van der Waals surface area contributed by atoms with Gasteiger partial charge in [-0.3, -0.25) is 4.98 Å². The zero-order chi connectivity index (χ0) is 25.4. The van der Waals surface area contributed by atoms with E-state index in [9.17, 15) is 12.8 Å². The van der Waals surface area contributed by atoms with E-state index in [2.05, 4.69) is 25.0 Å². The number of nitrogens with one attached hydrogen (secondary N) is 2. The average molecular weight is 522 g/mol. The molecule has 3 aromatic heterocycles. The fourth-order valence-corrected chi connectivity index (χ4v) is 5.64. The van der Waals surface area contributed by atoms with Crippen molar-refractivity contribution in [1.29, 1.82) is 0 Å². The number of aromatic nitrogens is 3. The summed E-state index contributed by atoms with van der Waals surface area (Å²) in [6.45, 7) is 3.74. The Morgan fingerprint density at radius 2 is 1.83 bits per heavy atom. The number of nitrogens with zero attached hydrogens (tertiary/aromatic N) is 3. The van der Waals surface area contributed by atoms with E-state index in [0.717, 1.165) is 11.1 Å². The number of anilines is 2. The Kier molecular flexibility index (Phi) is 6.29. The molecule has 0 amide bonds. The average Bonchev–Trinajstić information content (AvgIpc) is 2.85. The van der Waals surface area contributed by atoms with Crippen LogP contribution in [-0.2, 0) is 16.6 Å². The summed E-state index contributed by atoms with van der Waals surface area (Å²) in [5, 5.41) is 5.22. The number of pyridine rings is 3. The molecule has 0 spiro atoms. The summed E-state index contributed by atoms with van der Waals surface area (Å²) < 4.78 is 43.0. The highest BCUT2D eigenvalue weighted by Crippen LogP contribution is 2.36. The van der Waals surface area contributed by atoms with E-state index in [-0.39, 0.29) is 16.6 Å². The highest BCUT2D eigenvalue weighted by molar-refractivity contribution is 7.89. The Labute approximate surface area is 212 Å². The van der Waals surface area contributed by atoms with E-state index < -0.39 is 15.8 Å². The van der Waals surface area contributed by atoms with Gasteiger partial charge in [-0.25, -0.2) is 27.5 Å². The fourth-order valence-electron chi connectivity index (χ4n) is 4.11. The van der Waals surface area contributed by atoms with Crippen LogP contribution < -0.4 is 10.0 Å². The highest BCUT2D eigenvalue weighted by Gasteiger charge is 2.20. The summed E-state index contributed by atoms with van der Waals surface area (Å²) >= 11 is 6.40. The molecule has 5 aromatic rings. The van der Waals surface area contributed by atoms with Crippen LogP contribution in [0.2, 0.25) is 5.15 Å². The first kappa shape index (κ1) is 24.1. The molecule has 0 unspecified atom stereocenters. The van der Waals surface area contributed by atoms with Crippen molar-refractivity contribution in [2.24, 2.45) is 0 Å². The molecule has 5 rings (SSSR count). The van der Waals surface area contributed by atoms with Gasteiger partial charge in [0, 0.05) is 47.0 Å². The Balaban J connectivity index is 1.57. The molecule has 182 valence electrons. The molecule has 2 aromatic carbocycles. The van der Waals surface area contributed by atoms with Crippen LogP contribution in [0.5, 0.6) is 0 Å². The van der Waals surface area contributed by atoms with Gasteiger partial charge in [0.1, 0.15) is 16.8 Å². The third-order valence-electron chi connectivity index (χ3n) is 5.87. The number of fused-ring (bicyclic) bond motifs is 3. The summed E-state index contributed by atoms with van der Waals surface area (Å²) in [5.74, 6) is 0.0428. The second-order valence-electron chi connectivity index (χ2n) is 8.39. The van der Waals surface area contributed by atoms with Crippen molar-refractivity contribution in [2.75, 3.05) is 5.32 Å². The minimum Gasteiger partial charge on any atom is -0.339 e. The van der Waals surface area contributed by atoms with Crippen LogP contribution in [0.25, 0.3) is 21.7 Å². The molecule has 0 radical (unpaired) electrons. The number of hydrogen-bond acceptors (Lipinski definition) is 6. The molecule has 10 heteroatoms. The number of aryl methyl sites for hydroxylation is 2. The molecule has 0 aliphatic rings. The maximum Gasteiger partial charge on any atom is 0.241 e. The SMILES string of the molecule is Cc1cc(C)c(S(=O)(=O)NCc2cccnc2)cc1Nc1nc2ccc(F)cc2c2c(Cl)nccc12. The van der Waals surface area contributed by atoms with Gasteiger partial charge in [-0.05, 0) is 66.9 Å². The van der Waals surface area contributed by atoms with E-state index in [0.29, 0.717) is 38.7 Å². The van der Waals surface area contributed by atoms with Crippen LogP contribution >= 0.6 is 11.6 Å². The lowest BCUT2D eigenvalue weighted by Crippen LogP contribution is -2.24. The van der Waals surface area contributed by atoms with Crippen LogP contribution in [0.1, 0.15) is 16.7 Å². The molecule has 0 saturated carbocycles. The molecular weight excluding hydrogens is 501 g/mol. The largest absolute Gasteiger partial charge is 0.339 e. The minimum absolute atomic E-state index is 0.116. The number of halogens is 2. The molecule has 0 saturated heterocycles. The lowest BCUT2D eigenvalue weighted by Gasteiger charge is -2.17. The van der Waals surface area contributed by atoms with Crippen LogP contribution in [0.15, 0.2) is 72.0 Å². The summed E-state index contributed by atoms with van der Waals surface area (Å²) in [6.07, 6.45) is 4.78. The number of hydrogen-bond donors (Lipinski definition) is 2. The van der Waals surface area contributed by atoms with Crippen molar-refractivity contribution in [3.63, 3.8) is 0 Å². The van der Waals surface area contributed by atoms with Crippen molar-refractivity contribution < 1.29 is 12.8 Å². The number of benzene rings is 2. The lowest BCUT2D eigenvalue weighted by molar-refractivity contribution is 0.580. The molecule has 3 heterocycles. The third kappa shape index (κ3) is 4.60. The molecule has 0 fully saturated rings. The van der Waals surface area contributed by atoms with Crippen LogP contribution in [0, 0.1) is 19.7 Å². The molecule has 0 atom stereocenters. The summed E-state index contributed by atoms with van der Waals surface area (Å²) in [4.78, 5) is 13.0. The topological polar surface area (TPSA) is 96.9 Å². The maximum absolute atomic E-state index is 14.0. The summed E-state index contributed by atoms with van der Waals surface area (Å²) in [7, 11) is -3.82. The normalized spacial score (nSPS) is 11.8. The van der Waals surface area contributed by atoms with Gasteiger partial charge in [0.15, 0.2) is 0 Å². The van der Waals surface area contributed by atoms with Gasteiger partial charge in [-0.1, -0.05) is 23.7 Å². The van der Waals surface area contributed by atoms with Crippen LogP contribution in [-0.4, -0.2) is 23.4 Å². The van der Waals surface area contributed by atoms with Gasteiger partial charge < -0.3 is 5.32 Å². The van der Waals surface area contributed by atoms with E-state index >= 15 is 0 Å². The zero-order valence-electron chi connectivity index (χ0n) is 19.4. The van der Waals surface area contributed by atoms with E-state index in [1.54, 1.807) is 61.9 Å². The first-order valence-corrected chi connectivity index (χ1v) is 12.9. The molecular formula is C26H21ClFN5O2S. The van der Waals surface area contributed by atoms with Gasteiger partial charge in [-0.2, -0.15) is 0 Å². The van der Waals surface area contributed by atoms with E-state index in [1.807, 2.05) is 6.92 Å². The molecule has 2 N–H and O–H groups in total. The Morgan fingerprint density at radius 1 is 1.00 bits per heavy atom. The van der Waals surface area contributed by atoms with E-state index in [4.69, 9.17) is 11.6 Å². The molecule has 0 bridgehead atoms. The van der Waals surface area contributed by atoms with Crippen molar-refractivity contribution in [3.8, 4) is 0 Å². The Morgan fingerprint density at radius 3 is 2.61 bits per heavy atom. The van der Waals surface area contributed by atoms with Gasteiger partial charge in [0.2, 0.25) is 10.0 Å². The van der Waals surface area contributed by atoms with Crippen molar-refractivity contribution in [3.05, 3.63) is 94.8 Å². The molecule has 0 aliphatic heterocycles. The predicted molar refractivity (Wildman–Crippen MR) is 139 cm³/mol. The molecule has 0 aliphatic carbocycles.